The van der Waals surface area contributed by atoms with E-state index in [2.05, 4.69) is 27.5 Å². The van der Waals surface area contributed by atoms with Gasteiger partial charge in [0.05, 0.1) is 6.04 Å². The maximum absolute atomic E-state index is 12.9. The van der Waals surface area contributed by atoms with Crippen LogP contribution in [0, 0.1) is 0 Å². The van der Waals surface area contributed by atoms with Gasteiger partial charge in [0.15, 0.2) is 0 Å². The number of likely N-dealkylation sites (tertiary alicyclic amines) is 1. The highest BCUT2D eigenvalue weighted by atomic mass is 16.2. The molecule has 4 rings (SSSR count). The molecule has 1 N–H and O–H groups in total. The minimum atomic E-state index is 0.0660. The number of amides is 1. The molecule has 1 fully saturated rings. The average Bonchev–Trinajstić information content (AvgIpc) is 3.23. The molecule has 2 heterocycles. The summed E-state index contributed by atoms with van der Waals surface area (Å²) >= 11 is 0. The van der Waals surface area contributed by atoms with E-state index in [0.717, 1.165) is 30.4 Å². The number of H-pyrrole nitrogens is 1. The highest BCUT2D eigenvalue weighted by Gasteiger charge is 2.30. The molecule has 5 nitrogen and oxygen atoms in total. The normalized spacial score (nSPS) is 18.0. The van der Waals surface area contributed by atoms with Gasteiger partial charge in [0.1, 0.15) is 11.0 Å². The van der Waals surface area contributed by atoms with Gasteiger partial charge in [-0.25, -0.2) is 0 Å². The van der Waals surface area contributed by atoms with Crippen LogP contribution in [-0.2, 0) is 0 Å². The number of nitrogens with one attached hydrogen (secondary N) is 1. The zero-order chi connectivity index (χ0) is 14.9. The van der Waals surface area contributed by atoms with E-state index < -0.39 is 0 Å². The number of aromatic amines is 1. The molecule has 1 aromatic heterocycles. The monoisotopic (exact) mass is 292 g/mol. The van der Waals surface area contributed by atoms with E-state index in [1.165, 1.54) is 5.56 Å². The smallest absolute Gasteiger partial charge is 0.254 e. The molecule has 2 aromatic carbocycles. The topological polar surface area (TPSA) is 61.9 Å². The Bertz CT molecular complexity index is 812. The van der Waals surface area contributed by atoms with Crippen LogP contribution in [0.15, 0.2) is 48.5 Å². The maximum Gasteiger partial charge on any atom is 0.254 e. The molecule has 0 radical (unpaired) electrons. The molecular weight excluding hydrogens is 276 g/mol. The number of carbonyl (C=O) groups is 1. The number of nitrogens with zero attached hydrogens (tertiary/aromatic N) is 3. The Hall–Kier alpha value is -2.69. The summed E-state index contributed by atoms with van der Waals surface area (Å²) in [6, 6.07) is 15.9. The highest BCUT2D eigenvalue weighted by Crippen LogP contribution is 2.33. The SMILES string of the molecule is O=C(c1ccc2n[nH]nc2c1)N1CCC[C@H]1c1ccccc1. The fourth-order valence-corrected chi connectivity index (χ4v) is 3.17. The second-order valence-electron chi connectivity index (χ2n) is 5.59. The Labute approximate surface area is 127 Å². The molecule has 1 saturated heterocycles. The van der Waals surface area contributed by atoms with E-state index in [4.69, 9.17) is 0 Å². The summed E-state index contributed by atoms with van der Waals surface area (Å²) < 4.78 is 0. The molecule has 0 spiro atoms. The van der Waals surface area contributed by atoms with Crippen molar-refractivity contribution >= 4 is 16.9 Å². The van der Waals surface area contributed by atoms with Gasteiger partial charge >= 0.3 is 0 Å². The van der Waals surface area contributed by atoms with Crippen molar-refractivity contribution in [3.05, 3.63) is 59.7 Å². The van der Waals surface area contributed by atoms with Crippen LogP contribution in [0.5, 0.6) is 0 Å². The summed E-state index contributed by atoms with van der Waals surface area (Å²) in [4.78, 5) is 14.8. The lowest BCUT2D eigenvalue weighted by Gasteiger charge is -2.25. The lowest BCUT2D eigenvalue weighted by molar-refractivity contribution is 0.0736. The first-order chi connectivity index (χ1) is 10.8. The van der Waals surface area contributed by atoms with Crippen molar-refractivity contribution in [1.29, 1.82) is 0 Å². The Morgan fingerprint density at radius 3 is 2.77 bits per heavy atom. The zero-order valence-electron chi connectivity index (χ0n) is 12.1. The van der Waals surface area contributed by atoms with E-state index in [-0.39, 0.29) is 11.9 Å². The lowest BCUT2D eigenvalue weighted by atomic mass is 10.0. The maximum atomic E-state index is 12.9. The first-order valence-corrected chi connectivity index (χ1v) is 7.49. The van der Waals surface area contributed by atoms with Gasteiger partial charge in [-0.2, -0.15) is 15.4 Å². The molecule has 1 aliphatic heterocycles. The zero-order valence-corrected chi connectivity index (χ0v) is 12.1. The standard InChI is InChI=1S/C17H16N4O/c22-17(13-8-9-14-15(11-13)19-20-18-14)21-10-4-7-16(21)12-5-2-1-3-6-12/h1-3,5-6,8-9,11,16H,4,7,10H2,(H,18,19,20)/t16-/m0/s1. The molecule has 1 amide bonds. The molecule has 3 aromatic rings. The summed E-state index contributed by atoms with van der Waals surface area (Å²) in [6.45, 7) is 0.801. The Morgan fingerprint density at radius 2 is 1.91 bits per heavy atom. The van der Waals surface area contributed by atoms with E-state index in [1.54, 1.807) is 0 Å². The molecular formula is C17H16N4O. The number of fused-ring (bicyclic) bond motifs is 1. The van der Waals surface area contributed by atoms with Gasteiger partial charge in [0.2, 0.25) is 0 Å². The molecule has 0 aliphatic carbocycles. The van der Waals surface area contributed by atoms with Crippen LogP contribution < -0.4 is 0 Å². The third kappa shape index (κ3) is 2.15. The molecule has 0 unspecified atom stereocenters. The first kappa shape index (κ1) is 13.0. The van der Waals surface area contributed by atoms with Crippen molar-refractivity contribution < 1.29 is 4.79 Å². The quantitative estimate of drug-likeness (QED) is 0.790. The molecule has 1 aliphatic rings. The number of carbonyl (C=O) groups excluding carboxylic acids is 1. The fourth-order valence-electron chi connectivity index (χ4n) is 3.17. The van der Waals surface area contributed by atoms with Crippen molar-refractivity contribution in [1.82, 2.24) is 20.3 Å². The summed E-state index contributed by atoms with van der Waals surface area (Å²) in [5.74, 6) is 0.0660. The number of benzene rings is 2. The van der Waals surface area contributed by atoms with Crippen LogP contribution in [0.2, 0.25) is 0 Å². The Kier molecular flexibility index (Phi) is 3.11. The highest BCUT2D eigenvalue weighted by molar-refractivity contribution is 5.97. The van der Waals surface area contributed by atoms with Crippen LogP contribution in [0.4, 0.5) is 0 Å². The minimum Gasteiger partial charge on any atom is -0.332 e. The van der Waals surface area contributed by atoms with Crippen molar-refractivity contribution in [2.75, 3.05) is 6.54 Å². The number of aromatic nitrogens is 3. The summed E-state index contributed by atoms with van der Waals surface area (Å²) in [5, 5.41) is 10.7. The molecule has 0 bridgehead atoms. The van der Waals surface area contributed by atoms with Crippen molar-refractivity contribution in [2.45, 2.75) is 18.9 Å². The fraction of sp³-hybridized carbons (Fsp3) is 0.235. The largest absolute Gasteiger partial charge is 0.332 e. The second kappa shape index (κ2) is 5.26. The van der Waals surface area contributed by atoms with Crippen LogP contribution in [0.3, 0.4) is 0 Å². The Balaban J connectivity index is 1.66. The van der Waals surface area contributed by atoms with Gasteiger partial charge in [0.25, 0.3) is 5.91 Å². The van der Waals surface area contributed by atoms with Crippen LogP contribution in [-0.4, -0.2) is 32.8 Å². The van der Waals surface area contributed by atoms with Gasteiger partial charge < -0.3 is 4.90 Å². The number of hydrogen-bond acceptors (Lipinski definition) is 3. The van der Waals surface area contributed by atoms with Gasteiger partial charge in [-0.1, -0.05) is 30.3 Å². The lowest BCUT2D eigenvalue weighted by Crippen LogP contribution is -2.30. The van der Waals surface area contributed by atoms with Crippen LogP contribution in [0.25, 0.3) is 11.0 Å². The van der Waals surface area contributed by atoms with Crippen molar-refractivity contribution in [2.24, 2.45) is 0 Å². The minimum absolute atomic E-state index is 0.0660. The van der Waals surface area contributed by atoms with Crippen molar-refractivity contribution in [3.63, 3.8) is 0 Å². The summed E-state index contributed by atoms with van der Waals surface area (Å²) in [5.41, 5.74) is 3.37. The van der Waals surface area contributed by atoms with E-state index in [9.17, 15) is 4.79 Å². The van der Waals surface area contributed by atoms with E-state index in [1.807, 2.05) is 41.3 Å². The Morgan fingerprint density at radius 1 is 1.09 bits per heavy atom. The average molecular weight is 292 g/mol. The van der Waals surface area contributed by atoms with Gasteiger partial charge in [-0.05, 0) is 36.6 Å². The van der Waals surface area contributed by atoms with Crippen molar-refractivity contribution in [3.8, 4) is 0 Å². The first-order valence-electron chi connectivity index (χ1n) is 7.49. The van der Waals surface area contributed by atoms with Crippen LogP contribution in [0.1, 0.15) is 34.8 Å². The second-order valence-corrected chi connectivity index (χ2v) is 5.59. The summed E-state index contributed by atoms with van der Waals surface area (Å²) in [6.07, 6.45) is 2.06. The number of hydrogen-bond donors (Lipinski definition) is 1. The third-order valence-corrected chi connectivity index (χ3v) is 4.26. The predicted molar refractivity (Wildman–Crippen MR) is 83.3 cm³/mol. The van der Waals surface area contributed by atoms with E-state index in [0.29, 0.717) is 5.56 Å². The summed E-state index contributed by atoms with van der Waals surface area (Å²) in [7, 11) is 0. The molecule has 5 heteroatoms. The molecule has 0 saturated carbocycles. The van der Waals surface area contributed by atoms with Gasteiger partial charge in [0, 0.05) is 12.1 Å². The molecule has 1 atom stereocenters. The predicted octanol–water partition coefficient (Wildman–Crippen LogP) is 2.94. The van der Waals surface area contributed by atoms with Gasteiger partial charge in [-0.15, -0.1) is 0 Å². The molecule has 110 valence electrons. The van der Waals surface area contributed by atoms with Crippen LogP contribution >= 0.6 is 0 Å². The molecule has 22 heavy (non-hydrogen) atoms. The van der Waals surface area contributed by atoms with E-state index >= 15 is 0 Å². The third-order valence-electron chi connectivity index (χ3n) is 4.26. The number of rotatable bonds is 2. The van der Waals surface area contributed by atoms with Gasteiger partial charge in [-0.3, -0.25) is 4.79 Å².